The molecule has 4 nitrogen and oxygen atoms in total. The molecule has 2 rings (SSSR count). The predicted molar refractivity (Wildman–Crippen MR) is 86.1 cm³/mol. The molecule has 116 valence electrons. The predicted octanol–water partition coefficient (Wildman–Crippen LogP) is 3.78. The molecule has 0 bridgehead atoms. The van der Waals surface area contributed by atoms with Gasteiger partial charge in [-0.2, -0.15) is 0 Å². The molecule has 0 radical (unpaired) electrons. The first-order chi connectivity index (χ1) is 9.82. The lowest BCUT2D eigenvalue weighted by Crippen LogP contribution is -2.43. The molecule has 0 N–H and O–H groups in total. The molecular formula is C14H17BrClNO3S. The van der Waals surface area contributed by atoms with Gasteiger partial charge in [-0.15, -0.1) is 0 Å². The van der Waals surface area contributed by atoms with Crippen LogP contribution in [0.5, 0.6) is 0 Å². The number of benzene rings is 1. The van der Waals surface area contributed by atoms with Crippen molar-refractivity contribution in [1.82, 2.24) is 4.90 Å². The van der Waals surface area contributed by atoms with E-state index < -0.39 is 9.05 Å². The lowest BCUT2D eigenvalue weighted by atomic mass is 9.99. The highest BCUT2D eigenvalue weighted by atomic mass is 79.9. The number of rotatable bonds is 3. The molecule has 0 spiro atoms. The summed E-state index contributed by atoms with van der Waals surface area (Å²) < 4.78 is 23.5. The second-order valence-electron chi connectivity index (χ2n) is 5.17. The molecular weight excluding hydrogens is 378 g/mol. The number of halogens is 2. The summed E-state index contributed by atoms with van der Waals surface area (Å²) in [7, 11) is 1.52. The highest BCUT2D eigenvalue weighted by Gasteiger charge is 2.27. The van der Waals surface area contributed by atoms with Crippen LogP contribution in [0.4, 0.5) is 0 Å². The average molecular weight is 395 g/mol. The summed E-state index contributed by atoms with van der Waals surface area (Å²) in [6, 6.07) is 4.60. The van der Waals surface area contributed by atoms with Gasteiger partial charge in [0.05, 0.1) is 4.90 Å². The van der Waals surface area contributed by atoms with Crippen molar-refractivity contribution in [1.29, 1.82) is 0 Å². The third-order valence-corrected chi connectivity index (χ3v) is 5.55. The maximum atomic E-state index is 12.7. The molecule has 1 aliphatic heterocycles. The summed E-state index contributed by atoms with van der Waals surface area (Å²) in [5.41, 5.74) is 0.351. The number of carbonyl (C=O) groups is 1. The van der Waals surface area contributed by atoms with Crippen LogP contribution >= 0.6 is 26.6 Å². The van der Waals surface area contributed by atoms with Gasteiger partial charge in [-0.1, -0.05) is 22.9 Å². The molecule has 1 amide bonds. The van der Waals surface area contributed by atoms with E-state index in [4.69, 9.17) is 10.7 Å². The van der Waals surface area contributed by atoms with E-state index in [9.17, 15) is 13.2 Å². The Morgan fingerprint density at radius 3 is 2.71 bits per heavy atom. The normalized spacial score (nSPS) is 19.6. The number of likely N-dealkylation sites (tertiary alicyclic amines) is 1. The van der Waals surface area contributed by atoms with Crippen molar-refractivity contribution in [3.8, 4) is 0 Å². The number of hydrogen-bond acceptors (Lipinski definition) is 3. The first-order valence-corrected chi connectivity index (χ1v) is 9.99. The number of amides is 1. The summed E-state index contributed by atoms with van der Waals surface area (Å²) in [5, 5.41) is 0. The largest absolute Gasteiger partial charge is 0.336 e. The molecule has 1 aliphatic rings. The van der Waals surface area contributed by atoms with Gasteiger partial charge < -0.3 is 4.90 Å². The first kappa shape index (κ1) is 16.8. The fourth-order valence-corrected chi connectivity index (χ4v) is 4.13. The van der Waals surface area contributed by atoms with E-state index in [2.05, 4.69) is 22.9 Å². The fraction of sp³-hybridized carbons (Fsp3) is 0.500. The third-order valence-electron chi connectivity index (χ3n) is 3.76. The quantitative estimate of drug-likeness (QED) is 0.733. The minimum absolute atomic E-state index is 0.0630. The zero-order chi connectivity index (χ0) is 15.6. The number of nitrogens with zero attached hydrogens (tertiary/aromatic N) is 1. The standard InChI is InChI=1S/C14H17BrClNO3S/c1-2-12-5-3-4-6-17(12)14(18)10-7-11(15)9-13(8-10)21(16,19)20/h7-9,12H,2-6H2,1H3. The van der Waals surface area contributed by atoms with Crippen LogP contribution in [-0.2, 0) is 9.05 Å². The lowest BCUT2D eigenvalue weighted by molar-refractivity contribution is 0.0607. The summed E-state index contributed by atoms with van der Waals surface area (Å²) in [6.07, 6.45) is 4.01. The number of carbonyl (C=O) groups excluding carboxylic acids is 1. The minimum atomic E-state index is -3.86. The smallest absolute Gasteiger partial charge is 0.261 e. The first-order valence-electron chi connectivity index (χ1n) is 6.89. The van der Waals surface area contributed by atoms with Gasteiger partial charge in [-0.25, -0.2) is 8.42 Å². The van der Waals surface area contributed by atoms with Crippen molar-refractivity contribution >= 4 is 41.6 Å². The van der Waals surface area contributed by atoms with Crippen molar-refractivity contribution < 1.29 is 13.2 Å². The SMILES string of the molecule is CCC1CCCCN1C(=O)c1cc(Br)cc(S(=O)(=O)Cl)c1. The number of hydrogen-bond donors (Lipinski definition) is 0. The van der Waals surface area contributed by atoms with Gasteiger partial charge in [0.1, 0.15) is 0 Å². The van der Waals surface area contributed by atoms with Gasteiger partial charge in [0, 0.05) is 33.3 Å². The van der Waals surface area contributed by atoms with Crippen molar-refractivity contribution in [3.05, 3.63) is 28.2 Å². The Hall–Kier alpha value is -0.590. The van der Waals surface area contributed by atoms with E-state index in [1.54, 1.807) is 6.07 Å². The Morgan fingerprint density at radius 2 is 2.10 bits per heavy atom. The Labute approximate surface area is 138 Å². The van der Waals surface area contributed by atoms with Crippen LogP contribution in [0.3, 0.4) is 0 Å². The van der Waals surface area contributed by atoms with Crippen LogP contribution < -0.4 is 0 Å². The van der Waals surface area contributed by atoms with E-state index in [1.807, 2.05) is 4.90 Å². The molecule has 1 unspecified atom stereocenters. The second kappa shape index (κ2) is 6.67. The maximum absolute atomic E-state index is 12.7. The van der Waals surface area contributed by atoms with Gasteiger partial charge in [-0.05, 0) is 43.9 Å². The lowest BCUT2D eigenvalue weighted by Gasteiger charge is -2.35. The van der Waals surface area contributed by atoms with Gasteiger partial charge in [0.15, 0.2) is 0 Å². The second-order valence-corrected chi connectivity index (χ2v) is 8.65. The molecule has 7 heteroatoms. The molecule has 21 heavy (non-hydrogen) atoms. The Balaban J connectivity index is 2.37. The van der Waals surface area contributed by atoms with Crippen LogP contribution in [0.1, 0.15) is 43.0 Å². The maximum Gasteiger partial charge on any atom is 0.261 e. The van der Waals surface area contributed by atoms with Crippen molar-refractivity contribution in [3.63, 3.8) is 0 Å². The van der Waals surface area contributed by atoms with E-state index >= 15 is 0 Å². The molecule has 1 aromatic carbocycles. The van der Waals surface area contributed by atoms with E-state index in [-0.39, 0.29) is 16.8 Å². The monoisotopic (exact) mass is 393 g/mol. The summed E-state index contributed by atoms with van der Waals surface area (Å²) in [6.45, 7) is 2.78. The summed E-state index contributed by atoms with van der Waals surface area (Å²) >= 11 is 3.24. The molecule has 1 fully saturated rings. The third kappa shape index (κ3) is 3.99. The molecule has 1 aromatic rings. The summed E-state index contributed by atoms with van der Waals surface area (Å²) in [5.74, 6) is -0.135. The molecule has 0 aliphatic carbocycles. The minimum Gasteiger partial charge on any atom is -0.336 e. The highest BCUT2D eigenvalue weighted by molar-refractivity contribution is 9.10. The van der Waals surface area contributed by atoms with Gasteiger partial charge in [0.2, 0.25) is 0 Å². The van der Waals surface area contributed by atoms with Crippen molar-refractivity contribution in [2.75, 3.05) is 6.54 Å². The molecule has 1 saturated heterocycles. The van der Waals surface area contributed by atoms with Crippen molar-refractivity contribution in [2.24, 2.45) is 0 Å². The molecule has 1 atom stereocenters. The van der Waals surface area contributed by atoms with Crippen LogP contribution in [-0.4, -0.2) is 31.8 Å². The topological polar surface area (TPSA) is 54.5 Å². The zero-order valence-electron chi connectivity index (χ0n) is 11.7. The molecule has 0 saturated carbocycles. The van der Waals surface area contributed by atoms with Gasteiger partial charge in [0.25, 0.3) is 15.0 Å². The molecule has 1 heterocycles. The molecule has 0 aromatic heterocycles. The fourth-order valence-electron chi connectivity index (χ4n) is 2.69. The van der Waals surface area contributed by atoms with Gasteiger partial charge in [-0.3, -0.25) is 4.79 Å². The van der Waals surface area contributed by atoms with Crippen molar-refractivity contribution in [2.45, 2.75) is 43.5 Å². The van der Waals surface area contributed by atoms with E-state index in [1.165, 1.54) is 12.1 Å². The Bertz CT molecular complexity index is 648. The van der Waals surface area contributed by atoms with Crippen LogP contribution in [0.25, 0.3) is 0 Å². The summed E-state index contributed by atoms with van der Waals surface area (Å²) in [4.78, 5) is 14.4. The highest BCUT2D eigenvalue weighted by Crippen LogP contribution is 2.26. The van der Waals surface area contributed by atoms with Gasteiger partial charge >= 0.3 is 0 Å². The van der Waals surface area contributed by atoms with E-state index in [0.29, 0.717) is 16.6 Å². The van der Waals surface area contributed by atoms with Crippen LogP contribution in [0.2, 0.25) is 0 Å². The van der Waals surface area contributed by atoms with Crippen LogP contribution in [0.15, 0.2) is 27.6 Å². The Kier molecular flexibility index (Phi) is 5.33. The number of piperidine rings is 1. The average Bonchev–Trinajstić information content (AvgIpc) is 2.45. The zero-order valence-corrected chi connectivity index (χ0v) is 14.8. The van der Waals surface area contributed by atoms with Crippen LogP contribution in [0, 0.1) is 0 Å². The Morgan fingerprint density at radius 1 is 1.38 bits per heavy atom. The van der Waals surface area contributed by atoms with E-state index in [0.717, 1.165) is 25.7 Å².